The molecule has 0 radical (unpaired) electrons. The summed E-state index contributed by atoms with van der Waals surface area (Å²) in [4.78, 5) is 12.0. The highest BCUT2D eigenvalue weighted by Crippen LogP contribution is 2.27. The predicted octanol–water partition coefficient (Wildman–Crippen LogP) is 4.25. The van der Waals surface area contributed by atoms with E-state index in [0.29, 0.717) is 12.3 Å². The number of amides is 1. The van der Waals surface area contributed by atoms with Crippen molar-refractivity contribution >= 4 is 39.8 Å². The number of anilines is 2. The van der Waals surface area contributed by atoms with Crippen molar-refractivity contribution in [3.8, 4) is 0 Å². The Morgan fingerprint density at radius 2 is 1.81 bits per heavy atom. The number of carbonyl (C=O) groups is 1. The number of nitrogens with one attached hydrogen (secondary N) is 2. The number of aromatic nitrogens is 2. The Labute approximate surface area is 161 Å². The molecule has 0 saturated heterocycles. The topological polar surface area (TPSA) is 66.9 Å². The molecule has 0 unspecified atom stereocenters. The third kappa shape index (κ3) is 5.57. The van der Waals surface area contributed by atoms with Crippen LogP contribution in [0.3, 0.4) is 0 Å². The summed E-state index contributed by atoms with van der Waals surface area (Å²) in [5.74, 6) is 0.311. The average Bonchev–Trinajstić information content (AvgIpc) is 3.13. The van der Waals surface area contributed by atoms with Gasteiger partial charge in [-0.25, -0.2) is 0 Å². The first-order valence-corrected chi connectivity index (χ1v) is 10.2. The number of hydrogen-bond donors (Lipinski definition) is 2. The fourth-order valence-corrected chi connectivity index (χ4v) is 3.84. The van der Waals surface area contributed by atoms with Crippen molar-refractivity contribution in [3.63, 3.8) is 0 Å². The number of benzene rings is 2. The molecule has 7 heteroatoms. The molecule has 0 saturated carbocycles. The van der Waals surface area contributed by atoms with E-state index in [4.69, 9.17) is 0 Å². The summed E-state index contributed by atoms with van der Waals surface area (Å²) in [5.41, 5.74) is 3.36. The second-order valence-electron chi connectivity index (χ2n) is 5.60. The zero-order valence-electron chi connectivity index (χ0n) is 14.4. The summed E-state index contributed by atoms with van der Waals surface area (Å²) in [6.07, 6.45) is 1.02. The minimum absolute atomic E-state index is 0.0151. The maximum absolute atomic E-state index is 12.0. The Kier molecular flexibility index (Phi) is 6.62. The molecule has 1 aromatic heterocycles. The smallest absolute Gasteiger partial charge is 0.230 e. The Balaban J connectivity index is 1.45. The minimum Gasteiger partial charge on any atom is -0.351 e. The van der Waals surface area contributed by atoms with Crippen LogP contribution >= 0.6 is 23.1 Å². The number of aryl methyl sites for hydroxylation is 1. The summed E-state index contributed by atoms with van der Waals surface area (Å²) >= 11 is 2.84. The van der Waals surface area contributed by atoms with E-state index >= 15 is 0 Å². The summed E-state index contributed by atoms with van der Waals surface area (Å²) < 4.78 is 0.771. The normalized spacial score (nSPS) is 10.5. The Bertz CT molecular complexity index is 834. The lowest BCUT2D eigenvalue weighted by Crippen LogP contribution is -2.24. The van der Waals surface area contributed by atoms with Gasteiger partial charge in [-0.05, 0) is 29.7 Å². The largest absolute Gasteiger partial charge is 0.351 e. The molecule has 0 bridgehead atoms. The molecule has 2 aromatic carbocycles. The van der Waals surface area contributed by atoms with Crippen LogP contribution in [0.25, 0.3) is 0 Å². The number of thioether (sulfide) groups is 1. The molecule has 26 heavy (non-hydrogen) atoms. The van der Waals surface area contributed by atoms with Gasteiger partial charge in [0.2, 0.25) is 11.0 Å². The Morgan fingerprint density at radius 3 is 2.54 bits per heavy atom. The summed E-state index contributed by atoms with van der Waals surface area (Å²) in [7, 11) is 0. The molecule has 3 aromatic rings. The van der Waals surface area contributed by atoms with E-state index < -0.39 is 0 Å². The lowest BCUT2D eigenvalue weighted by atomic mass is 10.1. The van der Waals surface area contributed by atoms with Crippen molar-refractivity contribution in [1.82, 2.24) is 15.5 Å². The van der Waals surface area contributed by atoms with Crippen molar-refractivity contribution in [2.45, 2.75) is 24.2 Å². The molecule has 0 aliphatic heterocycles. The molecule has 1 heterocycles. The van der Waals surface area contributed by atoms with Crippen LogP contribution in [-0.2, 0) is 17.8 Å². The highest BCUT2D eigenvalue weighted by Gasteiger charge is 2.08. The van der Waals surface area contributed by atoms with Crippen LogP contribution in [0.4, 0.5) is 10.8 Å². The van der Waals surface area contributed by atoms with Gasteiger partial charge in [-0.1, -0.05) is 72.5 Å². The van der Waals surface area contributed by atoms with Crippen LogP contribution in [0, 0.1) is 0 Å². The molecule has 1 amide bonds. The van der Waals surface area contributed by atoms with Gasteiger partial charge in [-0.3, -0.25) is 4.79 Å². The Morgan fingerprint density at radius 1 is 1.04 bits per heavy atom. The minimum atomic E-state index is -0.0151. The molecule has 0 atom stereocenters. The summed E-state index contributed by atoms with van der Waals surface area (Å²) in [6, 6.07) is 18.1. The zero-order chi connectivity index (χ0) is 18.2. The molecule has 2 N–H and O–H groups in total. The van der Waals surface area contributed by atoms with E-state index in [-0.39, 0.29) is 5.91 Å². The standard InChI is InChI=1S/C19H20N4OS2/c1-2-14-8-10-16(11-9-14)21-18-22-23-19(26-18)25-13-17(24)20-12-15-6-4-3-5-7-15/h3-11H,2,12-13H2,1H3,(H,20,24)(H,21,22). The lowest BCUT2D eigenvalue weighted by Gasteiger charge is -2.04. The number of nitrogens with zero attached hydrogens (tertiary/aromatic N) is 2. The molecule has 0 aliphatic carbocycles. The Hall–Kier alpha value is -2.38. The predicted molar refractivity (Wildman–Crippen MR) is 108 cm³/mol. The quantitative estimate of drug-likeness (QED) is 0.568. The van der Waals surface area contributed by atoms with Crippen LogP contribution in [0.15, 0.2) is 58.9 Å². The maximum atomic E-state index is 12.0. The third-order valence-electron chi connectivity index (χ3n) is 3.68. The molecule has 0 aliphatic rings. The van der Waals surface area contributed by atoms with Gasteiger partial charge >= 0.3 is 0 Å². The van der Waals surface area contributed by atoms with Crippen molar-refractivity contribution in [2.24, 2.45) is 0 Å². The van der Waals surface area contributed by atoms with Crippen LogP contribution < -0.4 is 10.6 Å². The van der Waals surface area contributed by atoms with Crippen LogP contribution in [-0.4, -0.2) is 21.9 Å². The van der Waals surface area contributed by atoms with Gasteiger partial charge in [-0.15, -0.1) is 10.2 Å². The molecule has 134 valence electrons. The fraction of sp³-hybridized carbons (Fsp3) is 0.211. The molecule has 0 spiro atoms. The van der Waals surface area contributed by atoms with E-state index in [1.807, 2.05) is 42.5 Å². The average molecular weight is 385 g/mol. The van der Waals surface area contributed by atoms with Gasteiger partial charge < -0.3 is 10.6 Å². The van der Waals surface area contributed by atoms with Gasteiger partial charge in [0.25, 0.3) is 0 Å². The van der Waals surface area contributed by atoms with E-state index in [1.165, 1.54) is 28.7 Å². The second-order valence-corrected chi connectivity index (χ2v) is 7.80. The number of carbonyl (C=O) groups excluding carboxylic acids is 1. The molecular weight excluding hydrogens is 364 g/mol. The number of hydrogen-bond acceptors (Lipinski definition) is 6. The highest BCUT2D eigenvalue weighted by molar-refractivity contribution is 8.01. The van der Waals surface area contributed by atoms with Crippen molar-refractivity contribution in [1.29, 1.82) is 0 Å². The van der Waals surface area contributed by atoms with Crippen LogP contribution in [0.5, 0.6) is 0 Å². The van der Waals surface area contributed by atoms with Crippen molar-refractivity contribution < 1.29 is 4.79 Å². The van der Waals surface area contributed by atoms with E-state index in [9.17, 15) is 4.79 Å². The van der Waals surface area contributed by atoms with Gasteiger partial charge in [-0.2, -0.15) is 0 Å². The maximum Gasteiger partial charge on any atom is 0.230 e. The van der Waals surface area contributed by atoms with Crippen LogP contribution in [0.1, 0.15) is 18.1 Å². The van der Waals surface area contributed by atoms with Crippen molar-refractivity contribution in [2.75, 3.05) is 11.1 Å². The van der Waals surface area contributed by atoms with Gasteiger partial charge in [0.05, 0.1) is 5.75 Å². The lowest BCUT2D eigenvalue weighted by molar-refractivity contribution is -0.118. The monoisotopic (exact) mass is 384 g/mol. The van der Waals surface area contributed by atoms with Crippen molar-refractivity contribution in [3.05, 3.63) is 65.7 Å². The molecular formula is C19H20N4OS2. The summed E-state index contributed by atoms with van der Waals surface area (Å²) in [6.45, 7) is 2.67. The first-order valence-electron chi connectivity index (χ1n) is 8.36. The molecule has 5 nitrogen and oxygen atoms in total. The molecule has 3 rings (SSSR count). The number of rotatable bonds is 8. The first-order chi connectivity index (χ1) is 12.7. The summed E-state index contributed by atoms with van der Waals surface area (Å²) in [5, 5.41) is 15.1. The first kappa shape index (κ1) is 18.4. The SMILES string of the molecule is CCc1ccc(Nc2nnc(SCC(=O)NCc3ccccc3)s2)cc1. The van der Waals surface area contributed by atoms with E-state index in [0.717, 1.165) is 27.1 Å². The molecule has 0 fully saturated rings. The van der Waals surface area contributed by atoms with Crippen LogP contribution in [0.2, 0.25) is 0 Å². The second kappa shape index (κ2) is 9.35. The van der Waals surface area contributed by atoms with Gasteiger partial charge in [0.15, 0.2) is 4.34 Å². The van der Waals surface area contributed by atoms with E-state index in [1.54, 1.807) is 0 Å². The fourth-order valence-electron chi connectivity index (χ4n) is 2.24. The van der Waals surface area contributed by atoms with Gasteiger partial charge in [0, 0.05) is 12.2 Å². The zero-order valence-corrected chi connectivity index (χ0v) is 16.1. The third-order valence-corrected chi connectivity index (χ3v) is 5.65. The van der Waals surface area contributed by atoms with Gasteiger partial charge in [0.1, 0.15) is 0 Å². The van der Waals surface area contributed by atoms with E-state index in [2.05, 4.69) is 39.9 Å². The highest BCUT2D eigenvalue weighted by atomic mass is 32.2.